The van der Waals surface area contributed by atoms with Gasteiger partial charge in [-0.15, -0.1) is 0 Å². The largest absolute Gasteiger partial charge is 0.444 e. The standard InChI is InChI=1S/C12H15N3O9/c1-7(16)22-4-13-10(19)14(5-23-8(2)17)12(21)15(11(13)20)6-24-9(3)18/h4-6H2,1-3H3. The van der Waals surface area contributed by atoms with Crippen LogP contribution in [0.1, 0.15) is 20.8 Å². The Hall–Kier alpha value is -3.18. The highest BCUT2D eigenvalue weighted by Gasteiger charge is 2.17. The van der Waals surface area contributed by atoms with Gasteiger partial charge in [-0.1, -0.05) is 0 Å². The van der Waals surface area contributed by atoms with Gasteiger partial charge in [-0.2, -0.15) is 0 Å². The lowest BCUT2D eigenvalue weighted by molar-refractivity contribution is -0.145. The molecule has 0 saturated carbocycles. The van der Waals surface area contributed by atoms with E-state index in [1.165, 1.54) is 0 Å². The minimum Gasteiger partial charge on any atom is -0.444 e. The van der Waals surface area contributed by atoms with E-state index >= 15 is 0 Å². The summed E-state index contributed by atoms with van der Waals surface area (Å²) in [5.41, 5.74) is -3.48. The third-order valence-electron chi connectivity index (χ3n) is 2.58. The van der Waals surface area contributed by atoms with Crippen molar-refractivity contribution >= 4 is 17.9 Å². The Morgan fingerprint density at radius 2 is 0.833 bits per heavy atom. The number of carbonyl (C=O) groups is 3. The van der Waals surface area contributed by atoms with Gasteiger partial charge in [-0.05, 0) is 0 Å². The van der Waals surface area contributed by atoms with Crippen LogP contribution in [0.3, 0.4) is 0 Å². The van der Waals surface area contributed by atoms with Crippen LogP contribution in [0.4, 0.5) is 0 Å². The summed E-state index contributed by atoms with van der Waals surface area (Å²) in [4.78, 5) is 69.0. The number of ether oxygens (including phenoxy) is 3. The Kier molecular flexibility index (Phi) is 6.21. The van der Waals surface area contributed by atoms with E-state index in [1.54, 1.807) is 0 Å². The minimum atomic E-state index is -1.16. The van der Waals surface area contributed by atoms with Gasteiger partial charge in [0.05, 0.1) is 0 Å². The lowest BCUT2D eigenvalue weighted by Gasteiger charge is -2.13. The first kappa shape index (κ1) is 18.9. The Morgan fingerprint density at radius 3 is 1.00 bits per heavy atom. The van der Waals surface area contributed by atoms with Gasteiger partial charge in [0.25, 0.3) is 0 Å². The molecule has 1 aromatic heterocycles. The summed E-state index contributed by atoms with van der Waals surface area (Å²) in [6.07, 6.45) is 0. The van der Waals surface area contributed by atoms with Gasteiger partial charge in [0.2, 0.25) is 0 Å². The van der Waals surface area contributed by atoms with Crippen LogP contribution in [0.25, 0.3) is 0 Å². The maximum atomic E-state index is 12.1. The van der Waals surface area contributed by atoms with Gasteiger partial charge in [-0.25, -0.2) is 28.1 Å². The van der Waals surface area contributed by atoms with Crippen LogP contribution in [-0.2, 0) is 48.8 Å². The summed E-state index contributed by atoms with van der Waals surface area (Å²) in [5.74, 6) is -2.32. The number of aromatic nitrogens is 3. The molecule has 12 heteroatoms. The maximum absolute atomic E-state index is 12.1. The van der Waals surface area contributed by atoms with Crippen molar-refractivity contribution in [2.45, 2.75) is 41.0 Å². The molecule has 1 aromatic rings. The second-order valence-electron chi connectivity index (χ2n) is 4.43. The van der Waals surface area contributed by atoms with Gasteiger partial charge in [-0.3, -0.25) is 14.4 Å². The average Bonchev–Trinajstić information content (AvgIpc) is 2.45. The van der Waals surface area contributed by atoms with E-state index in [-0.39, 0.29) is 0 Å². The molecule has 0 aromatic carbocycles. The predicted molar refractivity (Wildman–Crippen MR) is 74.5 cm³/mol. The Morgan fingerprint density at radius 1 is 0.625 bits per heavy atom. The predicted octanol–water partition coefficient (Wildman–Crippen LogP) is -2.27. The molecule has 24 heavy (non-hydrogen) atoms. The zero-order valence-corrected chi connectivity index (χ0v) is 13.1. The second-order valence-corrected chi connectivity index (χ2v) is 4.43. The Bertz CT molecular complexity index is 690. The summed E-state index contributed by atoms with van der Waals surface area (Å²) in [7, 11) is 0. The van der Waals surface area contributed by atoms with E-state index in [0.29, 0.717) is 13.7 Å². The van der Waals surface area contributed by atoms with Gasteiger partial charge in [0.1, 0.15) is 0 Å². The average molecular weight is 345 g/mol. The third kappa shape index (κ3) is 4.66. The smallest absolute Gasteiger partial charge is 0.341 e. The van der Waals surface area contributed by atoms with Crippen molar-refractivity contribution in [2.24, 2.45) is 0 Å². The van der Waals surface area contributed by atoms with E-state index in [4.69, 9.17) is 0 Å². The summed E-state index contributed by atoms with van der Waals surface area (Å²) >= 11 is 0. The van der Waals surface area contributed by atoms with E-state index in [0.717, 1.165) is 20.8 Å². The third-order valence-corrected chi connectivity index (χ3v) is 2.58. The summed E-state index contributed by atoms with van der Waals surface area (Å²) in [5, 5.41) is 0. The quantitative estimate of drug-likeness (QED) is 0.411. The molecule has 1 heterocycles. The number of esters is 3. The summed E-state index contributed by atoms with van der Waals surface area (Å²) < 4.78 is 14.9. The summed E-state index contributed by atoms with van der Waals surface area (Å²) in [6, 6.07) is 0. The van der Waals surface area contributed by atoms with Gasteiger partial charge >= 0.3 is 35.0 Å². The molecule has 0 N–H and O–H groups in total. The first-order valence-electron chi connectivity index (χ1n) is 6.49. The van der Waals surface area contributed by atoms with Gasteiger partial charge in [0, 0.05) is 20.8 Å². The highest BCUT2D eigenvalue weighted by molar-refractivity contribution is 5.66. The molecule has 12 nitrogen and oxygen atoms in total. The van der Waals surface area contributed by atoms with E-state index < -0.39 is 55.2 Å². The van der Waals surface area contributed by atoms with Crippen LogP contribution < -0.4 is 17.1 Å². The van der Waals surface area contributed by atoms with Crippen LogP contribution >= 0.6 is 0 Å². The fraction of sp³-hybridized carbons (Fsp3) is 0.500. The molecular weight excluding hydrogens is 330 g/mol. The lowest BCUT2D eigenvalue weighted by atomic mass is 10.7. The molecule has 0 radical (unpaired) electrons. The first-order chi connectivity index (χ1) is 11.1. The van der Waals surface area contributed by atoms with Crippen LogP contribution in [0, 0.1) is 0 Å². The molecule has 0 bridgehead atoms. The highest BCUT2D eigenvalue weighted by Crippen LogP contribution is 1.85. The molecule has 0 atom stereocenters. The molecule has 0 saturated heterocycles. The van der Waals surface area contributed by atoms with Crippen molar-refractivity contribution in [3.8, 4) is 0 Å². The van der Waals surface area contributed by atoms with E-state index in [9.17, 15) is 28.8 Å². The molecule has 0 spiro atoms. The lowest BCUT2D eigenvalue weighted by Crippen LogP contribution is -2.55. The fourth-order valence-corrected chi connectivity index (χ4v) is 1.48. The molecular formula is C12H15N3O9. The van der Waals surface area contributed by atoms with Crippen molar-refractivity contribution in [3.05, 3.63) is 31.5 Å². The minimum absolute atomic E-state index is 0.412. The van der Waals surface area contributed by atoms with Crippen LogP contribution in [0.2, 0.25) is 0 Å². The normalized spacial score (nSPS) is 10.1. The monoisotopic (exact) mass is 345 g/mol. The maximum Gasteiger partial charge on any atom is 0.341 e. The zero-order chi connectivity index (χ0) is 18.4. The number of rotatable bonds is 6. The summed E-state index contributed by atoms with van der Waals surface area (Å²) in [6.45, 7) is 0.847. The van der Waals surface area contributed by atoms with Crippen LogP contribution in [0.15, 0.2) is 14.4 Å². The molecule has 0 aliphatic heterocycles. The number of hydrogen-bond donors (Lipinski definition) is 0. The molecule has 0 unspecified atom stereocenters. The molecule has 1 rings (SSSR count). The highest BCUT2D eigenvalue weighted by atomic mass is 16.6. The molecule has 0 aliphatic carbocycles. The van der Waals surface area contributed by atoms with Gasteiger partial charge < -0.3 is 14.2 Å². The number of nitrogens with zero attached hydrogens (tertiary/aromatic N) is 3. The van der Waals surface area contributed by atoms with Crippen LogP contribution in [0.5, 0.6) is 0 Å². The van der Waals surface area contributed by atoms with Gasteiger partial charge in [0.15, 0.2) is 20.2 Å². The van der Waals surface area contributed by atoms with E-state index in [2.05, 4.69) is 14.2 Å². The van der Waals surface area contributed by atoms with Crippen molar-refractivity contribution in [1.82, 2.24) is 13.7 Å². The van der Waals surface area contributed by atoms with Crippen molar-refractivity contribution in [3.63, 3.8) is 0 Å². The number of carbonyl (C=O) groups excluding carboxylic acids is 3. The topological polar surface area (TPSA) is 145 Å². The molecule has 0 aliphatic rings. The SMILES string of the molecule is CC(=O)OCn1c(=O)n(COC(C)=O)c(=O)n(COC(C)=O)c1=O. The van der Waals surface area contributed by atoms with Crippen molar-refractivity contribution < 1.29 is 28.6 Å². The molecule has 0 amide bonds. The number of hydrogen-bond acceptors (Lipinski definition) is 9. The van der Waals surface area contributed by atoms with Crippen molar-refractivity contribution in [2.75, 3.05) is 0 Å². The van der Waals surface area contributed by atoms with Crippen molar-refractivity contribution in [1.29, 1.82) is 0 Å². The first-order valence-corrected chi connectivity index (χ1v) is 6.49. The second kappa shape index (κ2) is 7.89. The fourth-order valence-electron chi connectivity index (χ4n) is 1.48. The zero-order valence-electron chi connectivity index (χ0n) is 13.1. The molecule has 132 valence electrons. The Labute approximate surface area is 133 Å². The van der Waals surface area contributed by atoms with Crippen LogP contribution in [-0.4, -0.2) is 31.6 Å². The van der Waals surface area contributed by atoms with E-state index in [1.807, 2.05) is 0 Å². The molecule has 0 fully saturated rings. The Balaban J connectivity index is 3.45.